The molecule has 1 aromatic carbocycles. The number of carbonyl (C=O) groups is 1. The number of halogens is 3. The van der Waals surface area contributed by atoms with Crippen LogP contribution in [-0.2, 0) is 12.1 Å². The summed E-state index contributed by atoms with van der Waals surface area (Å²) in [5.74, 6) is 4.65. The number of hydrogen-bond donors (Lipinski definition) is 3. The summed E-state index contributed by atoms with van der Waals surface area (Å²) in [6, 6.07) is 3.13. The first-order chi connectivity index (χ1) is 13.7. The molecule has 10 heteroatoms. The monoisotopic (exact) mass is 403 g/mol. The van der Waals surface area contributed by atoms with E-state index in [4.69, 9.17) is 5.73 Å². The van der Waals surface area contributed by atoms with Crippen molar-refractivity contribution < 1.29 is 18.0 Å². The second-order valence-corrected chi connectivity index (χ2v) is 7.00. The van der Waals surface area contributed by atoms with E-state index < -0.39 is 23.3 Å². The third-order valence-electron chi connectivity index (χ3n) is 4.80. The van der Waals surface area contributed by atoms with E-state index in [1.807, 2.05) is 5.32 Å². The van der Waals surface area contributed by atoms with Gasteiger partial charge in [0.25, 0.3) is 5.56 Å². The summed E-state index contributed by atoms with van der Waals surface area (Å²) in [6.45, 7) is 0.0505. The summed E-state index contributed by atoms with van der Waals surface area (Å²) in [7, 11) is 0. The Labute approximate surface area is 163 Å². The lowest BCUT2D eigenvalue weighted by Gasteiger charge is -2.37. The van der Waals surface area contributed by atoms with Crippen molar-refractivity contribution in [2.75, 3.05) is 11.1 Å². The van der Waals surface area contributed by atoms with Crippen LogP contribution in [0, 0.1) is 17.8 Å². The number of fused-ring (bicyclic) bond motifs is 1. The highest BCUT2D eigenvalue weighted by Crippen LogP contribution is 2.44. The number of benzene rings is 1. The zero-order valence-electron chi connectivity index (χ0n) is 15.0. The van der Waals surface area contributed by atoms with E-state index in [2.05, 4.69) is 22.1 Å². The maximum Gasteiger partial charge on any atom is 0.427 e. The zero-order chi connectivity index (χ0) is 20.8. The van der Waals surface area contributed by atoms with E-state index in [0.29, 0.717) is 5.56 Å². The number of rotatable bonds is 2. The Bertz CT molecular complexity index is 1110. The summed E-state index contributed by atoms with van der Waals surface area (Å²) in [4.78, 5) is 27.8. The SMILES string of the molecule is Nc1nccn(Cc2ccc3c(c2)NC(=O)NC3(C#CC2CC2)C(F)(F)F)c1=O. The number of nitrogen functional groups attached to an aromatic ring is 1. The number of amides is 2. The molecule has 1 aliphatic carbocycles. The molecule has 2 aliphatic rings. The van der Waals surface area contributed by atoms with Gasteiger partial charge in [0.05, 0.1) is 6.54 Å². The molecule has 2 aromatic rings. The Kier molecular flexibility index (Phi) is 4.26. The first kappa shape index (κ1) is 18.9. The van der Waals surface area contributed by atoms with Gasteiger partial charge in [-0.3, -0.25) is 4.79 Å². The highest BCUT2D eigenvalue weighted by molar-refractivity contribution is 5.95. The molecule has 150 valence electrons. The van der Waals surface area contributed by atoms with Crippen LogP contribution < -0.4 is 21.9 Å². The van der Waals surface area contributed by atoms with Crippen LogP contribution in [0.25, 0.3) is 0 Å². The molecule has 2 amide bonds. The van der Waals surface area contributed by atoms with E-state index in [0.717, 1.165) is 12.8 Å². The molecular formula is C19H16F3N5O2. The fourth-order valence-corrected chi connectivity index (χ4v) is 3.13. The largest absolute Gasteiger partial charge is 0.427 e. The fourth-order valence-electron chi connectivity index (χ4n) is 3.13. The molecule has 1 aliphatic heterocycles. The van der Waals surface area contributed by atoms with Crippen LogP contribution in [0.2, 0.25) is 0 Å². The predicted molar refractivity (Wildman–Crippen MR) is 98.8 cm³/mol. The standard InChI is InChI=1S/C19H16F3N5O2/c20-19(21,22)18(6-5-11-1-2-11)13-4-3-12(9-14(13)25-17(29)26-18)10-27-8-7-24-15(23)16(27)28/h3-4,7-9,11H,1-2,10H2,(H2,23,24)(H2,25,26,29). The highest BCUT2D eigenvalue weighted by atomic mass is 19.4. The molecule has 0 bridgehead atoms. The van der Waals surface area contributed by atoms with Gasteiger partial charge in [-0.25, -0.2) is 9.78 Å². The Hall–Kier alpha value is -3.48. The lowest BCUT2D eigenvalue weighted by molar-refractivity contribution is -0.178. The minimum Gasteiger partial charge on any atom is -0.379 e. The second-order valence-electron chi connectivity index (χ2n) is 7.00. The van der Waals surface area contributed by atoms with Gasteiger partial charge in [-0.05, 0) is 24.5 Å². The molecule has 1 fully saturated rings. The van der Waals surface area contributed by atoms with E-state index in [9.17, 15) is 22.8 Å². The summed E-state index contributed by atoms with van der Waals surface area (Å²) >= 11 is 0. The van der Waals surface area contributed by atoms with Crippen LogP contribution in [0.4, 0.5) is 29.5 Å². The Morgan fingerprint density at radius 1 is 1.31 bits per heavy atom. The van der Waals surface area contributed by atoms with Crippen LogP contribution in [0.15, 0.2) is 35.4 Å². The molecular weight excluding hydrogens is 387 g/mol. The third-order valence-corrected chi connectivity index (χ3v) is 4.80. The summed E-state index contributed by atoms with van der Waals surface area (Å²) < 4.78 is 43.4. The molecule has 0 spiro atoms. The van der Waals surface area contributed by atoms with Crippen molar-refractivity contribution in [2.45, 2.75) is 31.1 Å². The Morgan fingerprint density at radius 2 is 2.07 bits per heavy atom. The van der Waals surface area contributed by atoms with E-state index in [1.54, 1.807) is 0 Å². The summed E-state index contributed by atoms with van der Waals surface area (Å²) in [5.41, 5.74) is 2.50. The molecule has 4 N–H and O–H groups in total. The minimum atomic E-state index is -4.82. The number of nitrogens with one attached hydrogen (secondary N) is 2. The van der Waals surface area contributed by atoms with Gasteiger partial charge in [-0.1, -0.05) is 24.0 Å². The van der Waals surface area contributed by atoms with Crippen molar-refractivity contribution in [2.24, 2.45) is 5.92 Å². The summed E-state index contributed by atoms with van der Waals surface area (Å²) in [6.07, 6.45) is -0.548. The first-order valence-corrected chi connectivity index (χ1v) is 8.82. The fraction of sp³-hybridized carbons (Fsp3) is 0.316. The van der Waals surface area contributed by atoms with E-state index >= 15 is 0 Å². The predicted octanol–water partition coefficient (Wildman–Crippen LogP) is 2.18. The molecule has 2 heterocycles. The molecule has 4 rings (SSSR count). The van der Waals surface area contributed by atoms with Crippen molar-refractivity contribution in [1.82, 2.24) is 14.9 Å². The van der Waals surface area contributed by atoms with Crippen molar-refractivity contribution in [1.29, 1.82) is 0 Å². The molecule has 0 radical (unpaired) electrons. The molecule has 29 heavy (non-hydrogen) atoms. The van der Waals surface area contributed by atoms with Gasteiger partial charge < -0.3 is 20.9 Å². The van der Waals surface area contributed by atoms with Gasteiger partial charge >= 0.3 is 12.2 Å². The van der Waals surface area contributed by atoms with Gasteiger partial charge in [-0.15, -0.1) is 0 Å². The van der Waals surface area contributed by atoms with Crippen LogP contribution >= 0.6 is 0 Å². The van der Waals surface area contributed by atoms with E-state index in [-0.39, 0.29) is 29.5 Å². The van der Waals surface area contributed by atoms with Crippen LogP contribution in [0.3, 0.4) is 0 Å². The second kappa shape index (κ2) is 6.55. The van der Waals surface area contributed by atoms with Gasteiger partial charge in [0.1, 0.15) is 0 Å². The van der Waals surface area contributed by atoms with Crippen molar-refractivity contribution in [3.8, 4) is 11.8 Å². The van der Waals surface area contributed by atoms with Gasteiger partial charge in [0.15, 0.2) is 5.82 Å². The van der Waals surface area contributed by atoms with Crippen LogP contribution in [0.1, 0.15) is 24.0 Å². The summed E-state index contributed by atoms with van der Waals surface area (Å²) in [5, 5.41) is 4.37. The molecule has 1 unspecified atom stereocenters. The van der Waals surface area contributed by atoms with Crippen molar-refractivity contribution in [3.63, 3.8) is 0 Å². The van der Waals surface area contributed by atoms with Gasteiger partial charge in [0.2, 0.25) is 5.54 Å². The third kappa shape index (κ3) is 3.40. The molecule has 1 saturated carbocycles. The van der Waals surface area contributed by atoms with Gasteiger partial charge in [0, 0.05) is 29.6 Å². The van der Waals surface area contributed by atoms with Crippen LogP contribution in [0.5, 0.6) is 0 Å². The number of hydrogen-bond acceptors (Lipinski definition) is 4. The Morgan fingerprint density at radius 3 is 2.76 bits per heavy atom. The Balaban J connectivity index is 1.78. The number of nitrogens with two attached hydrogens (primary N) is 1. The average molecular weight is 403 g/mol. The topological polar surface area (TPSA) is 102 Å². The number of urea groups is 1. The normalized spacial score (nSPS) is 20.7. The minimum absolute atomic E-state index is 0.0104. The molecule has 0 saturated heterocycles. The smallest absolute Gasteiger partial charge is 0.379 e. The molecule has 1 atom stereocenters. The van der Waals surface area contributed by atoms with Crippen molar-refractivity contribution >= 4 is 17.5 Å². The quantitative estimate of drug-likeness (QED) is 0.669. The number of alkyl halides is 3. The average Bonchev–Trinajstić information content (AvgIpc) is 3.46. The number of anilines is 2. The number of carbonyl (C=O) groups excluding carboxylic acids is 1. The van der Waals surface area contributed by atoms with Crippen molar-refractivity contribution in [3.05, 3.63) is 52.1 Å². The maximum absolute atomic E-state index is 14.1. The zero-order valence-corrected chi connectivity index (χ0v) is 15.0. The number of aromatic nitrogens is 2. The highest BCUT2D eigenvalue weighted by Gasteiger charge is 2.59. The van der Waals surface area contributed by atoms with E-state index in [1.165, 1.54) is 35.2 Å². The maximum atomic E-state index is 14.1. The van der Waals surface area contributed by atoms with Crippen LogP contribution in [-0.4, -0.2) is 21.8 Å². The number of nitrogens with zero attached hydrogens (tertiary/aromatic N) is 2. The lowest BCUT2D eigenvalue weighted by atomic mass is 9.85. The molecule has 7 nitrogen and oxygen atoms in total. The first-order valence-electron chi connectivity index (χ1n) is 8.82. The van der Waals surface area contributed by atoms with Gasteiger partial charge in [-0.2, -0.15) is 13.2 Å². The molecule has 1 aromatic heterocycles. The lowest BCUT2D eigenvalue weighted by Crippen LogP contribution is -2.59.